The molecule has 5 nitrogen and oxygen atoms in total. The summed E-state index contributed by atoms with van der Waals surface area (Å²) < 4.78 is 0. The Balaban J connectivity index is 2.06. The van der Waals surface area contributed by atoms with Crippen LogP contribution >= 0.6 is 0 Å². The lowest BCUT2D eigenvalue weighted by molar-refractivity contribution is -0.132. The van der Waals surface area contributed by atoms with E-state index in [1.54, 1.807) is 0 Å². The molecular formula is C14H26N2O3. The SMILES string of the molecule is CCCCCCCCCCN(C(=O)O)C1CNC1=O. The Labute approximate surface area is 115 Å². The van der Waals surface area contributed by atoms with Gasteiger partial charge in [0.1, 0.15) is 6.04 Å². The van der Waals surface area contributed by atoms with Crippen LogP contribution < -0.4 is 5.32 Å². The van der Waals surface area contributed by atoms with Crippen LogP contribution in [0.4, 0.5) is 4.79 Å². The van der Waals surface area contributed by atoms with Crippen molar-refractivity contribution < 1.29 is 14.7 Å². The van der Waals surface area contributed by atoms with Crippen molar-refractivity contribution >= 4 is 12.0 Å². The average Bonchev–Trinajstić information content (AvgIpc) is 2.38. The van der Waals surface area contributed by atoms with Crippen LogP contribution in [0.15, 0.2) is 0 Å². The first-order valence-corrected chi connectivity index (χ1v) is 7.44. The van der Waals surface area contributed by atoms with E-state index < -0.39 is 12.1 Å². The minimum absolute atomic E-state index is 0.165. The van der Waals surface area contributed by atoms with Crippen LogP contribution in [0.1, 0.15) is 58.3 Å². The summed E-state index contributed by atoms with van der Waals surface area (Å²) in [6, 6.07) is -0.456. The number of rotatable bonds is 10. The Morgan fingerprint density at radius 1 is 1.21 bits per heavy atom. The number of nitrogens with one attached hydrogen (secondary N) is 1. The molecule has 1 rings (SSSR count). The minimum Gasteiger partial charge on any atom is -0.465 e. The summed E-state index contributed by atoms with van der Waals surface area (Å²) in [4.78, 5) is 23.5. The van der Waals surface area contributed by atoms with E-state index in [1.165, 1.54) is 37.0 Å². The number of nitrogens with zero attached hydrogens (tertiary/aromatic N) is 1. The molecule has 1 heterocycles. The standard InChI is InChI=1S/C14H26N2O3/c1-2-3-4-5-6-7-8-9-10-16(14(18)19)12-11-15-13(12)17/h12H,2-11H2,1H3,(H,15,17)(H,18,19). The molecule has 0 aliphatic carbocycles. The second-order valence-corrected chi connectivity index (χ2v) is 5.21. The summed E-state index contributed by atoms with van der Waals surface area (Å²) in [5.41, 5.74) is 0. The summed E-state index contributed by atoms with van der Waals surface area (Å²) in [6.07, 6.45) is 8.46. The van der Waals surface area contributed by atoms with Gasteiger partial charge in [0, 0.05) is 13.1 Å². The van der Waals surface area contributed by atoms with Crippen LogP contribution in [0.5, 0.6) is 0 Å². The second-order valence-electron chi connectivity index (χ2n) is 5.21. The van der Waals surface area contributed by atoms with Crippen LogP contribution in [0, 0.1) is 0 Å². The van der Waals surface area contributed by atoms with Crippen LogP contribution in [-0.2, 0) is 4.79 Å². The third-order valence-electron chi connectivity index (χ3n) is 3.65. The van der Waals surface area contributed by atoms with Gasteiger partial charge in [-0.05, 0) is 6.42 Å². The molecule has 2 amide bonds. The highest BCUT2D eigenvalue weighted by Crippen LogP contribution is 2.12. The number of amides is 2. The van der Waals surface area contributed by atoms with E-state index in [0.29, 0.717) is 13.1 Å². The summed E-state index contributed by atoms with van der Waals surface area (Å²) >= 11 is 0. The fourth-order valence-electron chi connectivity index (χ4n) is 2.33. The molecule has 5 heteroatoms. The number of hydrogen-bond donors (Lipinski definition) is 2. The molecule has 0 aromatic carbocycles. The predicted molar refractivity (Wildman–Crippen MR) is 74.1 cm³/mol. The van der Waals surface area contributed by atoms with Crippen LogP contribution in [0.3, 0.4) is 0 Å². The molecule has 1 saturated heterocycles. The van der Waals surface area contributed by atoms with E-state index >= 15 is 0 Å². The van der Waals surface area contributed by atoms with E-state index in [-0.39, 0.29) is 5.91 Å². The van der Waals surface area contributed by atoms with Gasteiger partial charge >= 0.3 is 6.09 Å². The monoisotopic (exact) mass is 270 g/mol. The third kappa shape index (κ3) is 5.49. The highest BCUT2D eigenvalue weighted by Gasteiger charge is 2.35. The molecule has 1 unspecified atom stereocenters. The third-order valence-corrected chi connectivity index (χ3v) is 3.65. The maximum atomic E-state index is 11.2. The molecular weight excluding hydrogens is 244 g/mol. The molecule has 1 aliphatic heterocycles. The lowest BCUT2D eigenvalue weighted by Gasteiger charge is -2.34. The Kier molecular flexibility index (Phi) is 7.30. The van der Waals surface area contributed by atoms with Gasteiger partial charge in [0.2, 0.25) is 5.91 Å². The molecule has 0 aromatic heterocycles. The first kappa shape index (κ1) is 15.8. The molecule has 0 aromatic rings. The van der Waals surface area contributed by atoms with Crippen molar-refractivity contribution in [3.8, 4) is 0 Å². The zero-order chi connectivity index (χ0) is 14.1. The molecule has 19 heavy (non-hydrogen) atoms. The van der Waals surface area contributed by atoms with Gasteiger partial charge in [0.15, 0.2) is 0 Å². The van der Waals surface area contributed by atoms with Crippen LogP contribution in [0.2, 0.25) is 0 Å². The maximum absolute atomic E-state index is 11.2. The van der Waals surface area contributed by atoms with Crippen molar-refractivity contribution in [2.24, 2.45) is 0 Å². The largest absolute Gasteiger partial charge is 0.465 e. The molecule has 0 saturated carbocycles. The van der Waals surface area contributed by atoms with Gasteiger partial charge < -0.3 is 10.4 Å². The number of carboxylic acid groups (broad SMARTS) is 1. The fraction of sp³-hybridized carbons (Fsp3) is 0.857. The van der Waals surface area contributed by atoms with Crippen molar-refractivity contribution in [3.63, 3.8) is 0 Å². The van der Waals surface area contributed by atoms with E-state index in [0.717, 1.165) is 19.3 Å². The minimum atomic E-state index is -0.984. The molecule has 0 spiro atoms. The summed E-state index contributed by atoms with van der Waals surface area (Å²) in [5.74, 6) is -0.165. The van der Waals surface area contributed by atoms with Gasteiger partial charge in [-0.1, -0.05) is 51.9 Å². The van der Waals surface area contributed by atoms with E-state index in [9.17, 15) is 9.59 Å². The van der Waals surface area contributed by atoms with Gasteiger partial charge in [-0.15, -0.1) is 0 Å². The highest BCUT2D eigenvalue weighted by atomic mass is 16.4. The predicted octanol–water partition coefficient (Wildman–Crippen LogP) is 2.61. The zero-order valence-electron chi connectivity index (χ0n) is 11.9. The quantitative estimate of drug-likeness (QED) is 0.473. The molecule has 1 aliphatic rings. The Hall–Kier alpha value is -1.26. The Morgan fingerprint density at radius 3 is 2.21 bits per heavy atom. The van der Waals surface area contributed by atoms with Crippen molar-refractivity contribution in [2.75, 3.05) is 13.1 Å². The topological polar surface area (TPSA) is 69.6 Å². The van der Waals surface area contributed by atoms with E-state index in [2.05, 4.69) is 12.2 Å². The van der Waals surface area contributed by atoms with E-state index in [1.807, 2.05) is 0 Å². The maximum Gasteiger partial charge on any atom is 0.408 e. The average molecular weight is 270 g/mol. The number of unbranched alkanes of at least 4 members (excludes halogenated alkanes) is 7. The highest BCUT2D eigenvalue weighted by molar-refractivity contribution is 5.90. The van der Waals surface area contributed by atoms with E-state index in [4.69, 9.17) is 5.11 Å². The van der Waals surface area contributed by atoms with Crippen molar-refractivity contribution in [2.45, 2.75) is 64.3 Å². The van der Waals surface area contributed by atoms with Gasteiger partial charge in [0.25, 0.3) is 0 Å². The number of carbonyl (C=O) groups is 2. The smallest absolute Gasteiger partial charge is 0.408 e. The van der Waals surface area contributed by atoms with Gasteiger partial charge in [-0.25, -0.2) is 4.79 Å². The Morgan fingerprint density at radius 2 is 1.79 bits per heavy atom. The number of carbonyl (C=O) groups excluding carboxylic acids is 1. The van der Waals surface area contributed by atoms with Crippen molar-refractivity contribution in [1.29, 1.82) is 0 Å². The number of β-lactam (4-membered cyclic amide) rings is 1. The normalized spacial score (nSPS) is 17.7. The van der Waals surface area contributed by atoms with Gasteiger partial charge in [0.05, 0.1) is 0 Å². The van der Waals surface area contributed by atoms with Crippen molar-refractivity contribution in [1.82, 2.24) is 10.2 Å². The first-order valence-electron chi connectivity index (χ1n) is 7.44. The lowest BCUT2D eigenvalue weighted by Crippen LogP contribution is -2.63. The molecule has 110 valence electrons. The Bertz CT molecular complexity index is 294. The molecule has 0 radical (unpaired) electrons. The van der Waals surface area contributed by atoms with Crippen LogP contribution in [0.25, 0.3) is 0 Å². The molecule has 0 bridgehead atoms. The lowest BCUT2D eigenvalue weighted by atomic mass is 10.1. The summed E-state index contributed by atoms with van der Waals surface area (Å²) in [7, 11) is 0. The number of hydrogen-bond acceptors (Lipinski definition) is 2. The molecule has 1 atom stereocenters. The fourth-order valence-corrected chi connectivity index (χ4v) is 2.33. The molecule has 1 fully saturated rings. The zero-order valence-corrected chi connectivity index (χ0v) is 11.9. The first-order chi connectivity index (χ1) is 9.16. The van der Waals surface area contributed by atoms with Crippen LogP contribution in [-0.4, -0.2) is 41.1 Å². The summed E-state index contributed by atoms with van der Waals surface area (Å²) in [6.45, 7) is 3.14. The van der Waals surface area contributed by atoms with Gasteiger partial charge in [-0.3, -0.25) is 9.69 Å². The second kappa shape index (κ2) is 8.77. The van der Waals surface area contributed by atoms with Gasteiger partial charge in [-0.2, -0.15) is 0 Å². The van der Waals surface area contributed by atoms with Crippen molar-refractivity contribution in [3.05, 3.63) is 0 Å². The summed E-state index contributed by atoms with van der Waals surface area (Å²) in [5, 5.41) is 11.7. The molecule has 2 N–H and O–H groups in total.